The highest BCUT2D eigenvalue weighted by Gasteiger charge is 2.18. The fraction of sp³-hybridized carbons (Fsp3) is 0.100. The van der Waals surface area contributed by atoms with E-state index in [4.69, 9.17) is 16.0 Å². The first-order valence-electron chi connectivity index (χ1n) is 8.08. The average molecular weight is 367 g/mol. The number of fused-ring (bicyclic) bond motifs is 3. The van der Waals surface area contributed by atoms with Crippen LogP contribution in [0.5, 0.6) is 0 Å². The van der Waals surface area contributed by atoms with Crippen LogP contribution in [0, 0.1) is 0 Å². The van der Waals surface area contributed by atoms with Crippen molar-refractivity contribution in [2.24, 2.45) is 7.05 Å². The van der Waals surface area contributed by atoms with Crippen LogP contribution in [0.1, 0.15) is 16.1 Å². The van der Waals surface area contributed by atoms with Gasteiger partial charge < -0.3 is 14.3 Å². The van der Waals surface area contributed by atoms with Crippen LogP contribution in [0.2, 0.25) is 5.02 Å². The maximum Gasteiger partial charge on any atom is 0.345 e. The lowest BCUT2D eigenvalue weighted by Crippen LogP contribution is -2.24. The molecule has 0 unspecified atom stereocenters. The Morgan fingerprint density at radius 1 is 1.12 bits per heavy atom. The summed E-state index contributed by atoms with van der Waals surface area (Å²) >= 11 is 5.87. The Hall–Kier alpha value is -3.05. The van der Waals surface area contributed by atoms with Crippen LogP contribution >= 0.6 is 11.6 Å². The van der Waals surface area contributed by atoms with Gasteiger partial charge in [-0.05, 0) is 35.9 Å². The van der Waals surface area contributed by atoms with Crippen LogP contribution in [-0.4, -0.2) is 10.5 Å². The summed E-state index contributed by atoms with van der Waals surface area (Å²) in [6, 6.07) is 16.1. The standard InChI is InChI=1S/C20H15ClN2O3/c1-23-16(19(24)22-11-12-6-8-13(21)9-7-12)10-15-18(23)14-4-2-3-5-17(14)26-20(15)25/h2-10H,11H2,1H3,(H,22,24). The number of nitrogens with zero attached hydrogens (tertiary/aromatic N) is 1. The summed E-state index contributed by atoms with van der Waals surface area (Å²) in [7, 11) is 1.77. The monoisotopic (exact) mass is 366 g/mol. The van der Waals surface area contributed by atoms with E-state index in [1.54, 1.807) is 41.9 Å². The smallest absolute Gasteiger partial charge is 0.345 e. The number of halogens is 1. The SMILES string of the molecule is Cn1c(C(=O)NCc2ccc(Cl)cc2)cc2c(=O)oc3ccccc3c21. The Kier molecular flexibility index (Phi) is 4.01. The predicted molar refractivity (Wildman–Crippen MR) is 102 cm³/mol. The molecule has 1 N–H and O–H groups in total. The number of carbonyl (C=O) groups is 1. The first kappa shape index (κ1) is 16.4. The fourth-order valence-corrected chi connectivity index (χ4v) is 3.21. The summed E-state index contributed by atoms with van der Waals surface area (Å²) in [6.07, 6.45) is 0. The minimum atomic E-state index is -0.453. The van der Waals surface area contributed by atoms with Crippen LogP contribution < -0.4 is 10.9 Å². The summed E-state index contributed by atoms with van der Waals surface area (Å²) < 4.78 is 7.08. The van der Waals surface area contributed by atoms with E-state index in [0.717, 1.165) is 10.9 Å². The molecular formula is C20H15ClN2O3. The Labute approximate surface area is 153 Å². The minimum Gasteiger partial charge on any atom is -0.422 e. The van der Waals surface area contributed by atoms with Gasteiger partial charge in [0.2, 0.25) is 0 Å². The van der Waals surface area contributed by atoms with Crippen molar-refractivity contribution in [2.45, 2.75) is 6.54 Å². The molecule has 1 amide bonds. The van der Waals surface area contributed by atoms with Crippen molar-refractivity contribution in [1.29, 1.82) is 0 Å². The molecule has 6 heteroatoms. The molecule has 0 fully saturated rings. The van der Waals surface area contributed by atoms with E-state index >= 15 is 0 Å². The van der Waals surface area contributed by atoms with E-state index in [-0.39, 0.29) is 5.91 Å². The third kappa shape index (κ3) is 2.76. The molecule has 4 aromatic rings. The molecule has 130 valence electrons. The van der Waals surface area contributed by atoms with E-state index in [1.165, 1.54) is 0 Å². The van der Waals surface area contributed by atoms with Gasteiger partial charge in [0.05, 0.1) is 10.9 Å². The third-order valence-electron chi connectivity index (χ3n) is 4.40. The molecule has 0 saturated heterocycles. The first-order valence-corrected chi connectivity index (χ1v) is 8.46. The molecule has 0 saturated carbocycles. The Morgan fingerprint density at radius 3 is 2.62 bits per heavy atom. The molecule has 5 nitrogen and oxygen atoms in total. The van der Waals surface area contributed by atoms with Crippen molar-refractivity contribution >= 4 is 39.4 Å². The van der Waals surface area contributed by atoms with Crippen molar-refractivity contribution < 1.29 is 9.21 Å². The van der Waals surface area contributed by atoms with Crippen LogP contribution in [0.25, 0.3) is 21.9 Å². The average Bonchev–Trinajstić information content (AvgIpc) is 3.00. The molecule has 0 aliphatic rings. The lowest BCUT2D eigenvalue weighted by Gasteiger charge is -2.07. The molecule has 0 atom stereocenters. The van der Waals surface area contributed by atoms with Gasteiger partial charge in [-0.1, -0.05) is 35.9 Å². The lowest BCUT2D eigenvalue weighted by atomic mass is 10.2. The summed E-state index contributed by atoms with van der Waals surface area (Å²) in [5, 5.41) is 4.70. The number of nitrogens with one attached hydrogen (secondary N) is 1. The summed E-state index contributed by atoms with van der Waals surface area (Å²) in [5.74, 6) is -0.262. The number of benzene rings is 2. The maximum absolute atomic E-state index is 12.6. The number of aromatic nitrogens is 1. The second kappa shape index (κ2) is 6.35. The summed E-state index contributed by atoms with van der Waals surface area (Å²) in [4.78, 5) is 24.9. The zero-order valence-corrected chi connectivity index (χ0v) is 14.7. The van der Waals surface area contributed by atoms with Gasteiger partial charge in [-0.15, -0.1) is 0 Å². The highest BCUT2D eigenvalue weighted by molar-refractivity contribution is 6.30. The largest absolute Gasteiger partial charge is 0.422 e. The van der Waals surface area contributed by atoms with Crippen molar-refractivity contribution in [3.8, 4) is 0 Å². The van der Waals surface area contributed by atoms with Gasteiger partial charge in [0.15, 0.2) is 0 Å². The van der Waals surface area contributed by atoms with Crippen LogP contribution in [-0.2, 0) is 13.6 Å². The summed E-state index contributed by atoms with van der Waals surface area (Å²) in [6.45, 7) is 0.368. The number of carbonyl (C=O) groups excluding carboxylic acids is 1. The molecular weight excluding hydrogens is 352 g/mol. The van der Waals surface area contributed by atoms with Crippen LogP contribution in [0.4, 0.5) is 0 Å². The number of aryl methyl sites for hydroxylation is 1. The number of hydrogen-bond donors (Lipinski definition) is 1. The quantitative estimate of drug-likeness (QED) is 0.560. The molecule has 4 rings (SSSR count). The Bertz CT molecular complexity index is 1190. The topological polar surface area (TPSA) is 64.2 Å². The van der Waals surface area contributed by atoms with E-state index < -0.39 is 5.63 Å². The molecule has 0 aliphatic heterocycles. The van der Waals surface area contributed by atoms with Gasteiger partial charge in [-0.2, -0.15) is 0 Å². The second-order valence-corrected chi connectivity index (χ2v) is 6.48. The molecule has 0 spiro atoms. The highest BCUT2D eigenvalue weighted by atomic mass is 35.5. The molecule has 0 bridgehead atoms. The molecule has 0 aliphatic carbocycles. The van der Waals surface area contributed by atoms with E-state index in [9.17, 15) is 9.59 Å². The highest BCUT2D eigenvalue weighted by Crippen LogP contribution is 2.25. The first-order chi connectivity index (χ1) is 12.5. The van der Waals surface area contributed by atoms with Crippen molar-refractivity contribution in [3.05, 3.63) is 81.3 Å². The number of rotatable bonds is 3. The van der Waals surface area contributed by atoms with Gasteiger partial charge in [0.25, 0.3) is 5.91 Å². The Morgan fingerprint density at radius 2 is 1.85 bits per heavy atom. The molecule has 0 radical (unpaired) electrons. The van der Waals surface area contributed by atoms with Crippen molar-refractivity contribution in [2.75, 3.05) is 0 Å². The predicted octanol–water partition coefficient (Wildman–Crippen LogP) is 3.87. The fourth-order valence-electron chi connectivity index (χ4n) is 3.08. The van der Waals surface area contributed by atoms with Crippen LogP contribution in [0.3, 0.4) is 0 Å². The maximum atomic E-state index is 12.6. The zero-order chi connectivity index (χ0) is 18.3. The second-order valence-electron chi connectivity index (χ2n) is 6.05. The van der Waals surface area contributed by atoms with Gasteiger partial charge >= 0.3 is 5.63 Å². The van der Waals surface area contributed by atoms with Crippen LogP contribution in [0.15, 0.2) is 63.8 Å². The van der Waals surface area contributed by atoms with Crippen molar-refractivity contribution in [3.63, 3.8) is 0 Å². The minimum absolute atomic E-state index is 0.262. The zero-order valence-electron chi connectivity index (χ0n) is 14.0. The molecule has 2 aromatic carbocycles. The van der Waals surface area contributed by atoms with E-state index in [2.05, 4.69) is 5.32 Å². The molecule has 2 heterocycles. The van der Waals surface area contributed by atoms with Gasteiger partial charge in [-0.3, -0.25) is 4.79 Å². The van der Waals surface area contributed by atoms with Gasteiger partial charge in [-0.25, -0.2) is 4.79 Å². The van der Waals surface area contributed by atoms with Gasteiger partial charge in [0.1, 0.15) is 11.3 Å². The lowest BCUT2D eigenvalue weighted by molar-refractivity contribution is 0.0943. The van der Waals surface area contributed by atoms with Gasteiger partial charge in [0, 0.05) is 24.0 Å². The Balaban J connectivity index is 1.72. The number of hydrogen-bond acceptors (Lipinski definition) is 3. The number of amides is 1. The number of para-hydroxylation sites is 1. The third-order valence-corrected chi connectivity index (χ3v) is 4.65. The van der Waals surface area contributed by atoms with E-state index in [1.807, 2.05) is 24.3 Å². The normalized spacial score (nSPS) is 11.2. The molecule has 26 heavy (non-hydrogen) atoms. The van der Waals surface area contributed by atoms with E-state index in [0.29, 0.717) is 33.7 Å². The summed E-state index contributed by atoms with van der Waals surface area (Å²) in [5.41, 5.74) is 2.07. The van der Waals surface area contributed by atoms with Crippen molar-refractivity contribution in [1.82, 2.24) is 9.88 Å². The molecule has 2 aromatic heterocycles.